The van der Waals surface area contributed by atoms with Crippen LogP contribution >= 0.6 is 11.3 Å². The first-order chi connectivity index (χ1) is 9.79. The van der Waals surface area contributed by atoms with E-state index in [2.05, 4.69) is 15.2 Å². The Kier molecular flexibility index (Phi) is 4.68. The smallest absolute Gasteiger partial charge is 0.226 e. The molecule has 2 heterocycles. The van der Waals surface area contributed by atoms with Crippen molar-refractivity contribution in [1.29, 1.82) is 0 Å². The second kappa shape index (κ2) is 6.68. The number of hydrogen-bond donors (Lipinski definition) is 1. The maximum absolute atomic E-state index is 12.0. The minimum Gasteiger partial charge on any atom is -0.353 e. The molecule has 0 atom stereocenters. The molecule has 20 heavy (non-hydrogen) atoms. The van der Waals surface area contributed by atoms with E-state index in [0.29, 0.717) is 12.5 Å². The van der Waals surface area contributed by atoms with E-state index in [0.717, 1.165) is 30.1 Å². The number of amides is 1. The second-order valence-corrected chi connectivity index (χ2v) is 6.88. The predicted octanol–water partition coefficient (Wildman–Crippen LogP) is 2.34. The Morgan fingerprint density at radius 1 is 1.30 bits per heavy atom. The van der Waals surface area contributed by atoms with Gasteiger partial charge in [0.2, 0.25) is 5.91 Å². The van der Waals surface area contributed by atoms with Crippen molar-refractivity contribution < 1.29 is 4.79 Å². The molecule has 0 bridgehead atoms. The third-order valence-electron chi connectivity index (χ3n) is 4.22. The molecule has 0 spiro atoms. The van der Waals surface area contributed by atoms with Crippen molar-refractivity contribution in [2.45, 2.75) is 57.5 Å². The zero-order chi connectivity index (χ0) is 13.8. The molecule has 1 saturated carbocycles. The van der Waals surface area contributed by atoms with Gasteiger partial charge in [-0.25, -0.2) is 4.98 Å². The lowest BCUT2D eigenvalue weighted by Crippen LogP contribution is -2.33. The minimum absolute atomic E-state index is 0.134. The van der Waals surface area contributed by atoms with Gasteiger partial charge in [-0.15, -0.1) is 11.3 Å². The zero-order valence-electron chi connectivity index (χ0n) is 11.9. The lowest BCUT2D eigenvalue weighted by molar-refractivity contribution is -0.121. The topological polar surface area (TPSA) is 45.2 Å². The van der Waals surface area contributed by atoms with Crippen molar-refractivity contribution in [3.8, 4) is 0 Å². The number of hydrogen-bond acceptors (Lipinski definition) is 4. The van der Waals surface area contributed by atoms with E-state index in [9.17, 15) is 4.79 Å². The summed E-state index contributed by atoms with van der Waals surface area (Å²) in [4.78, 5) is 19.0. The molecule has 1 aliphatic heterocycles. The summed E-state index contributed by atoms with van der Waals surface area (Å²) in [5.74, 6) is 0.134. The van der Waals surface area contributed by atoms with Crippen molar-refractivity contribution in [3.63, 3.8) is 0 Å². The molecule has 1 amide bonds. The first kappa shape index (κ1) is 14.0. The zero-order valence-corrected chi connectivity index (χ0v) is 12.8. The summed E-state index contributed by atoms with van der Waals surface area (Å²) in [6.45, 7) is 3.34. The van der Waals surface area contributed by atoms with Crippen LogP contribution in [0.15, 0.2) is 5.38 Å². The Hall–Kier alpha value is -0.940. The van der Waals surface area contributed by atoms with Crippen LogP contribution in [-0.4, -0.2) is 34.9 Å². The number of likely N-dealkylation sites (tertiary alicyclic amines) is 1. The number of nitrogens with zero attached hydrogens (tertiary/aromatic N) is 2. The SMILES string of the molecule is O=C(Cc1csc(CN2CCCC2)n1)NC1CCCC1. The second-order valence-electron chi connectivity index (χ2n) is 5.94. The summed E-state index contributed by atoms with van der Waals surface area (Å²) in [6, 6.07) is 0.408. The molecule has 110 valence electrons. The average molecular weight is 293 g/mol. The first-order valence-corrected chi connectivity index (χ1v) is 8.62. The molecular weight excluding hydrogens is 270 g/mol. The monoisotopic (exact) mass is 293 g/mol. The van der Waals surface area contributed by atoms with Crippen LogP contribution in [0.5, 0.6) is 0 Å². The highest BCUT2D eigenvalue weighted by Crippen LogP contribution is 2.19. The molecule has 2 fully saturated rings. The Labute approximate surface area is 124 Å². The standard InChI is InChI=1S/C15H23N3OS/c19-14(16-12-5-1-2-6-12)9-13-11-20-15(17-13)10-18-7-3-4-8-18/h11-12H,1-10H2,(H,16,19). The van der Waals surface area contributed by atoms with E-state index in [1.807, 2.05) is 5.38 Å². The van der Waals surface area contributed by atoms with Crippen molar-refractivity contribution in [2.24, 2.45) is 0 Å². The van der Waals surface area contributed by atoms with E-state index >= 15 is 0 Å². The van der Waals surface area contributed by atoms with Crippen LogP contribution in [0.25, 0.3) is 0 Å². The van der Waals surface area contributed by atoms with Gasteiger partial charge in [-0.1, -0.05) is 12.8 Å². The molecule has 0 aromatic carbocycles. The Bertz CT molecular complexity index is 448. The van der Waals surface area contributed by atoms with Gasteiger partial charge in [-0.3, -0.25) is 9.69 Å². The number of carbonyl (C=O) groups excluding carboxylic acids is 1. The Morgan fingerprint density at radius 2 is 2.05 bits per heavy atom. The minimum atomic E-state index is 0.134. The molecule has 1 N–H and O–H groups in total. The fourth-order valence-electron chi connectivity index (χ4n) is 3.15. The number of thiazole rings is 1. The van der Waals surface area contributed by atoms with Crippen LogP contribution in [0.2, 0.25) is 0 Å². The summed E-state index contributed by atoms with van der Waals surface area (Å²) >= 11 is 1.69. The van der Waals surface area contributed by atoms with Crippen molar-refractivity contribution in [3.05, 3.63) is 16.1 Å². The molecule has 1 aromatic heterocycles. The first-order valence-electron chi connectivity index (χ1n) is 7.74. The van der Waals surface area contributed by atoms with Gasteiger partial charge in [0.05, 0.1) is 18.7 Å². The van der Waals surface area contributed by atoms with Gasteiger partial charge in [0.25, 0.3) is 0 Å². The van der Waals surface area contributed by atoms with Gasteiger partial charge in [0.1, 0.15) is 5.01 Å². The molecule has 2 aliphatic rings. The fraction of sp³-hybridized carbons (Fsp3) is 0.733. The molecule has 5 heteroatoms. The highest BCUT2D eigenvalue weighted by molar-refractivity contribution is 7.09. The molecule has 0 radical (unpaired) electrons. The quantitative estimate of drug-likeness (QED) is 0.906. The third kappa shape index (κ3) is 3.79. The van der Waals surface area contributed by atoms with E-state index in [1.165, 1.54) is 38.8 Å². The van der Waals surface area contributed by atoms with Gasteiger partial charge in [-0.2, -0.15) is 0 Å². The summed E-state index contributed by atoms with van der Waals surface area (Å²) in [6.07, 6.45) is 7.84. The highest BCUT2D eigenvalue weighted by Gasteiger charge is 2.18. The third-order valence-corrected chi connectivity index (χ3v) is 5.10. The van der Waals surface area contributed by atoms with E-state index in [4.69, 9.17) is 0 Å². The van der Waals surface area contributed by atoms with Crippen LogP contribution < -0.4 is 5.32 Å². The van der Waals surface area contributed by atoms with Gasteiger partial charge in [0.15, 0.2) is 0 Å². The van der Waals surface area contributed by atoms with Crippen LogP contribution in [-0.2, 0) is 17.8 Å². The van der Waals surface area contributed by atoms with Crippen LogP contribution in [0.4, 0.5) is 0 Å². The summed E-state index contributed by atoms with van der Waals surface area (Å²) in [5, 5.41) is 6.31. The molecule has 0 unspecified atom stereocenters. The molecule has 3 rings (SSSR count). The van der Waals surface area contributed by atoms with Gasteiger partial charge >= 0.3 is 0 Å². The predicted molar refractivity (Wildman–Crippen MR) is 80.7 cm³/mol. The van der Waals surface area contributed by atoms with Crippen LogP contribution in [0.1, 0.15) is 49.2 Å². The van der Waals surface area contributed by atoms with Crippen molar-refractivity contribution >= 4 is 17.2 Å². The maximum atomic E-state index is 12.0. The molecule has 1 aromatic rings. The van der Waals surface area contributed by atoms with Crippen molar-refractivity contribution in [1.82, 2.24) is 15.2 Å². The average Bonchev–Trinajstić information content (AvgIpc) is 3.12. The normalized spacial score (nSPS) is 20.6. The van der Waals surface area contributed by atoms with Crippen LogP contribution in [0, 0.1) is 0 Å². The summed E-state index contributed by atoms with van der Waals surface area (Å²) < 4.78 is 0. The van der Waals surface area contributed by atoms with Gasteiger partial charge in [-0.05, 0) is 38.8 Å². The lowest BCUT2D eigenvalue weighted by atomic mass is 10.2. The fourth-order valence-corrected chi connectivity index (χ4v) is 3.98. The summed E-state index contributed by atoms with van der Waals surface area (Å²) in [7, 11) is 0. The molecular formula is C15H23N3OS. The maximum Gasteiger partial charge on any atom is 0.226 e. The van der Waals surface area contributed by atoms with E-state index in [-0.39, 0.29) is 5.91 Å². The Balaban J connectivity index is 1.47. The summed E-state index contributed by atoms with van der Waals surface area (Å²) in [5.41, 5.74) is 0.930. The largest absolute Gasteiger partial charge is 0.353 e. The van der Waals surface area contributed by atoms with E-state index in [1.54, 1.807) is 11.3 Å². The van der Waals surface area contributed by atoms with Gasteiger partial charge in [0, 0.05) is 11.4 Å². The van der Waals surface area contributed by atoms with E-state index < -0.39 is 0 Å². The highest BCUT2D eigenvalue weighted by atomic mass is 32.1. The number of nitrogens with one attached hydrogen (secondary N) is 1. The van der Waals surface area contributed by atoms with Gasteiger partial charge < -0.3 is 5.32 Å². The number of carbonyl (C=O) groups is 1. The lowest BCUT2D eigenvalue weighted by Gasteiger charge is -2.12. The molecule has 1 saturated heterocycles. The molecule has 1 aliphatic carbocycles. The number of aromatic nitrogens is 1. The number of rotatable bonds is 5. The Morgan fingerprint density at radius 3 is 2.80 bits per heavy atom. The molecule has 4 nitrogen and oxygen atoms in total. The van der Waals surface area contributed by atoms with Crippen LogP contribution in [0.3, 0.4) is 0 Å². The van der Waals surface area contributed by atoms with Crippen molar-refractivity contribution in [2.75, 3.05) is 13.1 Å².